The molecule has 0 aliphatic carbocycles. The molecule has 0 fully saturated rings. The van der Waals surface area contributed by atoms with Gasteiger partial charge in [0.05, 0.1) is 0 Å². The minimum Gasteiger partial charge on any atom is -0.478 e. The van der Waals surface area contributed by atoms with Gasteiger partial charge in [-0.15, -0.1) is 0 Å². The van der Waals surface area contributed by atoms with Crippen LogP contribution in [0.1, 0.15) is 10.4 Å². The molecule has 0 saturated heterocycles. The van der Waals surface area contributed by atoms with Gasteiger partial charge in [0, 0.05) is 11.4 Å². The lowest BCUT2D eigenvalue weighted by molar-refractivity contribution is 0.0694. The molecule has 2 aromatic carbocycles. The summed E-state index contributed by atoms with van der Waals surface area (Å²) in [5.74, 6) is -0.342. The van der Waals surface area contributed by atoms with E-state index in [1.165, 1.54) is 12.1 Å². The van der Waals surface area contributed by atoms with Gasteiger partial charge in [0.25, 0.3) is 0 Å². The quantitative estimate of drug-likeness (QED) is 0.720. The summed E-state index contributed by atoms with van der Waals surface area (Å²) in [7, 11) is 0. The van der Waals surface area contributed by atoms with Crippen molar-refractivity contribution in [1.29, 1.82) is 0 Å². The van der Waals surface area contributed by atoms with Crippen LogP contribution in [0.25, 0.3) is 0 Å². The molecular formula is C13H12N2O3. The molecule has 92 valence electrons. The zero-order chi connectivity index (χ0) is 13.1. The predicted octanol–water partition coefficient (Wildman–Crippen LogP) is 2.34. The summed E-state index contributed by atoms with van der Waals surface area (Å²) >= 11 is 0. The van der Waals surface area contributed by atoms with Gasteiger partial charge in [-0.1, -0.05) is 0 Å². The van der Waals surface area contributed by atoms with E-state index in [-0.39, 0.29) is 11.3 Å². The maximum absolute atomic E-state index is 11.1. The van der Waals surface area contributed by atoms with Crippen LogP contribution in [0.3, 0.4) is 0 Å². The first-order chi connectivity index (χ1) is 8.56. The van der Waals surface area contributed by atoms with E-state index in [1.807, 2.05) is 0 Å². The maximum Gasteiger partial charge on any atom is 0.339 e. The number of hydrogen-bond acceptors (Lipinski definition) is 4. The number of aromatic carboxylic acids is 1. The summed E-state index contributed by atoms with van der Waals surface area (Å²) in [6.07, 6.45) is 0. The van der Waals surface area contributed by atoms with Gasteiger partial charge in [0.15, 0.2) is 0 Å². The summed E-state index contributed by atoms with van der Waals surface area (Å²) in [6.45, 7) is 0. The standard InChI is InChI=1S/C13H12N2O3/c14-8-1-4-10(5-2-8)18-12-6-3-9(15)7-11(12)13(16)17/h1-7H,14-15H2,(H,16,17). The van der Waals surface area contributed by atoms with Crippen molar-refractivity contribution >= 4 is 17.3 Å². The Labute approximate surface area is 104 Å². The second-order valence-corrected chi connectivity index (χ2v) is 3.73. The molecule has 0 aromatic heterocycles. The molecule has 0 amide bonds. The SMILES string of the molecule is Nc1ccc(Oc2ccc(N)cc2C(=O)O)cc1. The lowest BCUT2D eigenvalue weighted by atomic mass is 10.2. The Morgan fingerprint density at radius 3 is 2.22 bits per heavy atom. The lowest BCUT2D eigenvalue weighted by Gasteiger charge is -2.09. The zero-order valence-electron chi connectivity index (χ0n) is 9.46. The molecule has 5 nitrogen and oxygen atoms in total. The van der Waals surface area contributed by atoms with E-state index >= 15 is 0 Å². The molecule has 0 unspecified atom stereocenters. The maximum atomic E-state index is 11.1. The average molecular weight is 244 g/mol. The van der Waals surface area contributed by atoms with Crippen LogP contribution in [-0.4, -0.2) is 11.1 Å². The highest BCUT2D eigenvalue weighted by Crippen LogP contribution is 2.27. The molecule has 2 aromatic rings. The normalized spacial score (nSPS) is 10.0. The number of nitrogen functional groups attached to an aromatic ring is 2. The van der Waals surface area contributed by atoms with E-state index in [9.17, 15) is 4.79 Å². The van der Waals surface area contributed by atoms with Crippen LogP contribution in [0.4, 0.5) is 11.4 Å². The molecule has 0 heterocycles. The van der Waals surface area contributed by atoms with Gasteiger partial charge in [0.1, 0.15) is 17.1 Å². The van der Waals surface area contributed by atoms with Crippen LogP contribution in [0, 0.1) is 0 Å². The number of anilines is 2. The van der Waals surface area contributed by atoms with Crippen LogP contribution in [0.2, 0.25) is 0 Å². The molecular weight excluding hydrogens is 232 g/mol. The Balaban J connectivity index is 2.34. The van der Waals surface area contributed by atoms with Gasteiger partial charge in [-0.05, 0) is 42.5 Å². The number of rotatable bonds is 3. The Kier molecular flexibility index (Phi) is 3.05. The van der Waals surface area contributed by atoms with Crippen molar-refractivity contribution in [2.24, 2.45) is 0 Å². The van der Waals surface area contributed by atoms with Crippen LogP contribution in [0.5, 0.6) is 11.5 Å². The minimum atomic E-state index is -1.09. The van der Waals surface area contributed by atoms with Crippen LogP contribution in [-0.2, 0) is 0 Å². The number of hydrogen-bond donors (Lipinski definition) is 3. The van der Waals surface area contributed by atoms with E-state index in [1.54, 1.807) is 30.3 Å². The smallest absolute Gasteiger partial charge is 0.339 e. The Bertz CT molecular complexity index is 579. The van der Waals surface area contributed by atoms with Crippen molar-refractivity contribution in [3.8, 4) is 11.5 Å². The zero-order valence-corrected chi connectivity index (χ0v) is 9.46. The van der Waals surface area contributed by atoms with Crippen molar-refractivity contribution in [3.05, 3.63) is 48.0 Å². The Morgan fingerprint density at radius 2 is 1.61 bits per heavy atom. The van der Waals surface area contributed by atoms with Crippen LogP contribution < -0.4 is 16.2 Å². The molecule has 0 aliphatic rings. The summed E-state index contributed by atoms with van der Waals surface area (Å²) < 4.78 is 5.49. The number of nitrogens with two attached hydrogens (primary N) is 2. The molecule has 2 rings (SSSR count). The van der Waals surface area contributed by atoms with Crippen molar-refractivity contribution in [3.63, 3.8) is 0 Å². The summed E-state index contributed by atoms with van der Waals surface area (Å²) in [5, 5.41) is 9.06. The summed E-state index contributed by atoms with van der Waals surface area (Å²) in [5.41, 5.74) is 12.1. The van der Waals surface area contributed by atoms with E-state index in [0.717, 1.165) is 0 Å². The number of carbonyl (C=O) groups is 1. The molecule has 0 radical (unpaired) electrons. The molecule has 5 heteroatoms. The topological polar surface area (TPSA) is 98.6 Å². The van der Waals surface area contributed by atoms with Gasteiger partial charge in [-0.25, -0.2) is 4.79 Å². The number of carboxylic acids is 1. The van der Waals surface area contributed by atoms with Crippen molar-refractivity contribution in [2.45, 2.75) is 0 Å². The molecule has 0 bridgehead atoms. The molecule has 0 aliphatic heterocycles. The van der Waals surface area contributed by atoms with Gasteiger partial charge in [-0.2, -0.15) is 0 Å². The van der Waals surface area contributed by atoms with E-state index in [0.29, 0.717) is 17.1 Å². The molecule has 0 atom stereocenters. The van der Waals surface area contributed by atoms with Crippen LogP contribution >= 0.6 is 0 Å². The monoisotopic (exact) mass is 244 g/mol. The molecule has 18 heavy (non-hydrogen) atoms. The summed E-state index contributed by atoms with van der Waals surface area (Å²) in [4.78, 5) is 11.1. The third kappa shape index (κ3) is 2.52. The highest BCUT2D eigenvalue weighted by molar-refractivity contribution is 5.92. The fourth-order valence-electron chi connectivity index (χ4n) is 1.47. The van der Waals surface area contributed by atoms with Crippen molar-refractivity contribution in [2.75, 3.05) is 11.5 Å². The van der Waals surface area contributed by atoms with Gasteiger partial charge in [0.2, 0.25) is 0 Å². The highest BCUT2D eigenvalue weighted by atomic mass is 16.5. The second kappa shape index (κ2) is 4.67. The van der Waals surface area contributed by atoms with Gasteiger partial charge in [-0.3, -0.25) is 0 Å². The number of ether oxygens (including phenoxy) is 1. The van der Waals surface area contributed by atoms with Crippen LogP contribution in [0.15, 0.2) is 42.5 Å². The first-order valence-corrected chi connectivity index (χ1v) is 5.22. The first-order valence-electron chi connectivity index (χ1n) is 5.22. The second-order valence-electron chi connectivity index (χ2n) is 3.73. The van der Waals surface area contributed by atoms with E-state index in [4.69, 9.17) is 21.3 Å². The van der Waals surface area contributed by atoms with E-state index in [2.05, 4.69) is 0 Å². The van der Waals surface area contributed by atoms with Crippen molar-refractivity contribution in [1.82, 2.24) is 0 Å². The lowest BCUT2D eigenvalue weighted by Crippen LogP contribution is -2.01. The van der Waals surface area contributed by atoms with Crippen molar-refractivity contribution < 1.29 is 14.6 Å². The van der Waals surface area contributed by atoms with Gasteiger partial charge >= 0.3 is 5.97 Å². The molecule has 0 saturated carbocycles. The minimum absolute atomic E-state index is 0.0202. The first kappa shape index (κ1) is 11.8. The van der Waals surface area contributed by atoms with E-state index < -0.39 is 5.97 Å². The largest absolute Gasteiger partial charge is 0.478 e. The molecule has 5 N–H and O–H groups in total. The fraction of sp³-hybridized carbons (Fsp3) is 0. The third-order valence-electron chi connectivity index (χ3n) is 2.34. The predicted molar refractivity (Wildman–Crippen MR) is 68.7 cm³/mol. The number of benzene rings is 2. The fourth-order valence-corrected chi connectivity index (χ4v) is 1.47. The average Bonchev–Trinajstić information content (AvgIpc) is 2.34. The van der Waals surface area contributed by atoms with Gasteiger partial charge < -0.3 is 21.3 Å². The summed E-state index contributed by atoms with van der Waals surface area (Å²) in [6, 6.07) is 11.1. The Morgan fingerprint density at radius 1 is 1.00 bits per heavy atom. The highest BCUT2D eigenvalue weighted by Gasteiger charge is 2.12. The molecule has 0 spiro atoms. The third-order valence-corrected chi connectivity index (χ3v) is 2.34. The number of carboxylic acid groups (broad SMARTS) is 1. The Hall–Kier alpha value is -2.69.